The van der Waals surface area contributed by atoms with Crippen molar-refractivity contribution in [1.29, 1.82) is 0 Å². The van der Waals surface area contributed by atoms with Gasteiger partial charge in [-0.05, 0) is 43.9 Å². The molecule has 0 spiro atoms. The highest BCUT2D eigenvalue weighted by molar-refractivity contribution is 5.78. The first-order valence-electron chi connectivity index (χ1n) is 7.43. The van der Waals surface area contributed by atoms with Crippen molar-refractivity contribution in [3.05, 3.63) is 29.8 Å². The van der Waals surface area contributed by atoms with E-state index < -0.39 is 0 Å². The lowest BCUT2D eigenvalue weighted by Crippen LogP contribution is -2.36. The molecular formula is C16H24N2O2. The van der Waals surface area contributed by atoms with Crippen LogP contribution in [0, 0.1) is 0 Å². The Bertz CT molecular complexity index is 440. The van der Waals surface area contributed by atoms with Crippen LogP contribution in [0.5, 0.6) is 5.75 Å². The zero-order valence-electron chi connectivity index (χ0n) is 12.3. The van der Waals surface area contributed by atoms with Gasteiger partial charge in [0, 0.05) is 18.6 Å². The highest BCUT2D eigenvalue weighted by Crippen LogP contribution is 2.26. The normalized spacial score (nSPS) is 15.8. The summed E-state index contributed by atoms with van der Waals surface area (Å²) in [5.41, 5.74) is 7.06. The summed E-state index contributed by atoms with van der Waals surface area (Å²) in [7, 11) is 0. The van der Waals surface area contributed by atoms with E-state index in [4.69, 9.17) is 10.5 Å². The second-order valence-electron chi connectivity index (χ2n) is 5.28. The van der Waals surface area contributed by atoms with Crippen molar-refractivity contribution >= 4 is 5.91 Å². The van der Waals surface area contributed by atoms with Gasteiger partial charge in [-0.1, -0.05) is 19.1 Å². The minimum atomic E-state index is 0.0659. The smallest absolute Gasteiger partial charge is 0.260 e. The third-order valence-corrected chi connectivity index (χ3v) is 3.76. The molecular weight excluding hydrogens is 252 g/mol. The molecule has 0 heterocycles. The molecule has 0 aliphatic heterocycles. The number of carbonyl (C=O) groups is 1. The number of amides is 1. The number of hydrogen-bond acceptors (Lipinski definition) is 3. The van der Waals surface area contributed by atoms with E-state index >= 15 is 0 Å². The summed E-state index contributed by atoms with van der Waals surface area (Å²) in [5.74, 6) is 0.793. The second-order valence-corrected chi connectivity index (χ2v) is 5.28. The van der Waals surface area contributed by atoms with Crippen LogP contribution < -0.4 is 10.5 Å². The Balaban J connectivity index is 1.85. The molecule has 1 aliphatic carbocycles. The molecule has 4 heteroatoms. The van der Waals surface area contributed by atoms with Crippen LogP contribution in [0.1, 0.15) is 44.7 Å². The van der Waals surface area contributed by atoms with Crippen LogP contribution in [-0.2, 0) is 4.79 Å². The molecule has 0 aromatic heterocycles. The fourth-order valence-electron chi connectivity index (χ4n) is 2.30. The van der Waals surface area contributed by atoms with E-state index in [-0.39, 0.29) is 18.6 Å². The Morgan fingerprint density at radius 2 is 2.00 bits per heavy atom. The molecule has 1 amide bonds. The molecule has 4 nitrogen and oxygen atoms in total. The fraction of sp³-hybridized carbons (Fsp3) is 0.562. The maximum Gasteiger partial charge on any atom is 0.260 e. The number of benzene rings is 1. The Kier molecular flexibility index (Phi) is 5.01. The zero-order chi connectivity index (χ0) is 14.5. The predicted octanol–water partition coefficient (Wildman–Crippen LogP) is 2.49. The van der Waals surface area contributed by atoms with E-state index in [1.807, 2.05) is 36.1 Å². The molecule has 0 unspecified atom stereocenters. The monoisotopic (exact) mass is 276 g/mol. The van der Waals surface area contributed by atoms with Crippen LogP contribution in [0.3, 0.4) is 0 Å². The van der Waals surface area contributed by atoms with E-state index in [1.165, 1.54) is 0 Å². The summed E-state index contributed by atoms with van der Waals surface area (Å²) in [6.07, 6.45) is 3.16. The molecule has 1 aromatic rings. The Morgan fingerprint density at radius 1 is 1.35 bits per heavy atom. The van der Waals surface area contributed by atoms with Gasteiger partial charge in [0.15, 0.2) is 6.61 Å². The Hall–Kier alpha value is -1.55. The van der Waals surface area contributed by atoms with Gasteiger partial charge in [-0.25, -0.2) is 0 Å². The van der Waals surface area contributed by atoms with Crippen LogP contribution in [-0.4, -0.2) is 30.0 Å². The number of nitrogens with two attached hydrogens (primary N) is 1. The molecule has 2 N–H and O–H groups in total. The van der Waals surface area contributed by atoms with Gasteiger partial charge >= 0.3 is 0 Å². The van der Waals surface area contributed by atoms with Gasteiger partial charge in [0.2, 0.25) is 0 Å². The van der Waals surface area contributed by atoms with Gasteiger partial charge in [0.1, 0.15) is 5.75 Å². The van der Waals surface area contributed by atoms with Crippen LogP contribution in [0.25, 0.3) is 0 Å². The first kappa shape index (κ1) is 14.9. The van der Waals surface area contributed by atoms with Crippen LogP contribution in [0.2, 0.25) is 0 Å². The molecule has 1 aliphatic rings. The van der Waals surface area contributed by atoms with E-state index in [0.29, 0.717) is 6.04 Å². The maximum atomic E-state index is 12.0. The first-order chi connectivity index (χ1) is 9.65. The van der Waals surface area contributed by atoms with Gasteiger partial charge in [0.25, 0.3) is 5.91 Å². The maximum absolute atomic E-state index is 12.0. The van der Waals surface area contributed by atoms with E-state index in [9.17, 15) is 4.79 Å². The minimum Gasteiger partial charge on any atom is -0.484 e. The van der Waals surface area contributed by atoms with Gasteiger partial charge in [-0.15, -0.1) is 0 Å². The standard InChI is InChI=1S/C16H24N2O2/c1-3-15(17)12-5-9-14(10-6-12)20-11-16(19)18(4-2)13-7-8-13/h5-6,9-10,13,15H,3-4,7-8,11,17H2,1-2H3/t15-/m0/s1. The Morgan fingerprint density at radius 3 is 2.50 bits per heavy atom. The molecule has 1 fully saturated rings. The van der Waals surface area contributed by atoms with Crippen molar-refractivity contribution in [2.45, 2.75) is 45.2 Å². The molecule has 20 heavy (non-hydrogen) atoms. The molecule has 1 atom stereocenters. The highest BCUT2D eigenvalue weighted by Gasteiger charge is 2.31. The van der Waals surface area contributed by atoms with Crippen molar-refractivity contribution in [3.8, 4) is 5.75 Å². The number of carbonyl (C=O) groups excluding carboxylic acids is 1. The molecule has 1 aromatic carbocycles. The van der Waals surface area contributed by atoms with Crippen molar-refractivity contribution < 1.29 is 9.53 Å². The van der Waals surface area contributed by atoms with Gasteiger partial charge < -0.3 is 15.4 Å². The SMILES string of the molecule is CC[C@H](N)c1ccc(OCC(=O)N(CC)C2CC2)cc1. The first-order valence-corrected chi connectivity index (χ1v) is 7.43. The van der Waals surface area contributed by atoms with Crippen molar-refractivity contribution in [2.75, 3.05) is 13.2 Å². The molecule has 0 radical (unpaired) electrons. The lowest BCUT2D eigenvalue weighted by Gasteiger charge is -2.20. The van der Waals surface area contributed by atoms with Gasteiger partial charge in [-0.3, -0.25) is 4.79 Å². The van der Waals surface area contributed by atoms with Crippen molar-refractivity contribution in [2.24, 2.45) is 5.73 Å². The van der Waals surface area contributed by atoms with Gasteiger partial charge in [0.05, 0.1) is 0 Å². The number of likely N-dealkylation sites (N-methyl/N-ethyl adjacent to an activating group) is 1. The molecule has 110 valence electrons. The number of ether oxygens (including phenoxy) is 1. The van der Waals surface area contributed by atoms with E-state index in [1.54, 1.807) is 0 Å². The summed E-state index contributed by atoms with van der Waals surface area (Å²) in [6, 6.07) is 8.20. The van der Waals surface area contributed by atoms with Crippen LogP contribution in [0.15, 0.2) is 24.3 Å². The van der Waals surface area contributed by atoms with E-state index in [0.717, 1.165) is 37.1 Å². The molecule has 0 bridgehead atoms. The Labute approximate surface area is 120 Å². The van der Waals surface area contributed by atoms with E-state index in [2.05, 4.69) is 6.92 Å². The summed E-state index contributed by atoms with van der Waals surface area (Å²) in [5, 5.41) is 0. The molecule has 1 saturated carbocycles. The highest BCUT2D eigenvalue weighted by atomic mass is 16.5. The summed E-state index contributed by atoms with van der Waals surface area (Å²) in [6.45, 7) is 4.95. The zero-order valence-corrected chi connectivity index (χ0v) is 12.3. The third kappa shape index (κ3) is 3.73. The number of rotatable bonds is 7. The predicted molar refractivity (Wildman–Crippen MR) is 79.6 cm³/mol. The summed E-state index contributed by atoms with van der Waals surface area (Å²) >= 11 is 0. The summed E-state index contributed by atoms with van der Waals surface area (Å²) < 4.78 is 5.56. The quantitative estimate of drug-likeness (QED) is 0.832. The lowest BCUT2D eigenvalue weighted by atomic mass is 10.1. The topological polar surface area (TPSA) is 55.6 Å². The average Bonchev–Trinajstić information content (AvgIpc) is 3.30. The number of nitrogens with zero attached hydrogens (tertiary/aromatic N) is 1. The van der Waals surface area contributed by atoms with Crippen molar-refractivity contribution in [1.82, 2.24) is 4.90 Å². The average molecular weight is 276 g/mol. The largest absolute Gasteiger partial charge is 0.484 e. The minimum absolute atomic E-state index is 0.0659. The second kappa shape index (κ2) is 6.75. The number of hydrogen-bond donors (Lipinski definition) is 1. The fourth-order valence-corrected chi connectivity index (χ4v) is 2.30. The van der Waals surface area contributed by atoms with Crippen molar-refractivity contribution in [3.63, 3.8) is 0 Å². The van der Waals surface area contributed by atoms with Gasteiger partial charge in [-0.2, -0.15) is 0 Å². The molecule has 2 rings (SSSR count). The molecule has 0 saturated heterocycles. The third-order valence-electron chi connectivity index (χ3n) is 3.76. The summed E-state index contributed by atoms with van der Waals surface area (Å²) in [4.78, 5) is 13.9. The van der Waals surface area contributed by atoms with Crippen LogP contribution >= 0.6 is 0 Å². The van der Waals surface area contributed by atoms with Crippen LogP contribution in [0.4, 0.5) is 0 Å². The lowest BCUT2D eigenvalue weighted by molar-refractivity contribution is -0.133.